The Morgan fingerprint density at radius 1 is 0.523 bits per heavy atom. The van der Waals surface area contributed by atoms with Gasteiger partial charge in [0.1, 0.15) is 0 Å². The summed E-state index contributed by atoms with van der Waals surface area (Å²) in [6, 6.07) is 47.9. The predicted molar refractivity (Wildman–Crippen MR) is 186 cm³/mol. The first-order valence-electron chi connectivity index (χ1n) is 16.6. The summed E-state index contributed by atoms with van der Waals surface area (Å²) in [5.41, 5.74) is 9.77. The van der Waals surface area contributed by atoms with E-state index in [0.29, 0.717) is 11.8 Å². The zero-order valence-electron chi connectivity index (χ0n) is 25.7. The van der Waals surface area contributed by atoms with Gasteiger partial charge in [-0.3, -0.25) is 0 Å². The molecule has 0 heterocycles. The summed E-state index contributed by atoms with van der Waals surface area (Å²) in [5, 5.41) is 5.16. The van der Waals surface area contributed by atoms with E-state index < -0.39 is 0 Å². The fourth-order valence-electron chi connectivity index (χ4n) is 10.0. The molecule has 2 saturated carbocycles. The lowest BCUT2D eigenvalue weighted by Crippen LogP contribution is -2.49. The second-order valence-electron chi connectivity index (χ2n) is 14.0. The second kappa shape index (κ2) is 9.83. The van der Waals surface area contributed by atoms with Crippen molar-refractivity contribution in [2.75, 3.05) is 4.90 Å². The Morgan fingerprint density at radius 2 is 1.23 bits per heavy atom. The average Bonchev–Trinajstić information content (AvgIpc) is 3.35. The van der Waals surface area contributed by atoms with Gasteiger partial charge in [-0.15, -0.1) is 0 Å². The Hall–Kier alpha value is -4.36. The Kier molecular flexibility index (Phi) is 5.82. The molecule has 1 spiro atoms. The summed E-state index contributed by atoms with van der Waals surface area (Å²) < 4.78 is 0. The van der Waals surface area contributed by atoms with Crippen molar-refractivity contribution >= 4 is 38.6 Å². The van der Waals surface area contributed by atoms with Gasteiger partial charge in [-0.2, -0.15) is 0 Å². The minimum atomic E-state index is 0.122. The molecule has 2 bridgehead atoms. The highest BCUT2D eigenvalue weighted by Gasteiger charge is 2.56. The van der Waals surface area contributed by atoms with Gasteiger partial charge in [0, 0.05) is 22.5 Å². The molecule has 44 heavy (non-hydrogen) atoms. The lowest BCUT2D eigenvalue weighted by Gasteiger charge is -2.54. The standard InChI is InChI=1S/C43H39N/c1-28-22-30-24-29(2)43(33(23-28)25-30)41-15-9-8-14-39(41)40-27-36(19-21-42(40)43)44(34-11-4-3-5-12-34)35-18-20-38-32(26-35)17-16-31-10-6-7-13-37(31)38/h3-21,26-30,33H,22-25H2,1-2H3. The van der Waals surface area contributed by atoms with E-state index in [4.69, 9.17) is 0 Å². The van der Waals surface area contributed by atoms with Gasteiger partial charge >= 0.3 is 0 Å². The molecule has 0 N–H and O–H groups in total. The second-order valence-corrected chi connectivity index (χ2v) is 14.0. The number of hydrogen-bond acceptors (Lipinski definition) is 1. The fraction of sp³-hybridized carbons (Fsp3) is 0.256. The molecule has 9 rings (SSSR count). The van der Waals surface area contributed by atoms with Crippen LogP contribution in [0.1, 0.15) is 50.7 Å². The van der Waals surface area contributed by atoms with Gasteiger partial charge in [-0.1, -0.05) is 105 Å². The number of nitrogens with zero attached hydrogens (tertiary/aromatic N) is 1. The van der Waals surface area contributed by atoms with Gasteiger partial charge in [0.2, 0.25) is 0 Å². The summed E-state index contributed by atoms with van der Waals surface area (Å²) in [6.07, 6.45) is 5.49. The normalized spacial score (nSPS) is 25.2. The third-order valence-electron chi connectivity index (χ3n) is 11.5. The predicted octanol–water partition coefficient (Wildman–Crippen LogP) is 11.8. The van der Waals surface area contributed by atoms with Crippen molar-refractivity contribution in [3.63, 3.8) is 0 Å². The molecule has 1 heteroatoms. The van der Waals surface area contributed by atoms with Crippen LogP contribution in [0.2, 0.25) is 0 Å². The monoisotopic (exact) mass is 569 g/mol. The van der Waals surface area contributed by atoms with Crippen molar-refractivity contribution in [2.24, 2.45) is 23.7 Å². The van der Waals surface area contributed by atoms with Crippen LogP contribution in [0.15, 0.2) is 127 Å². The van der Waals surface area contributed by atoms with E-state index in [1.165, 1.54) is 75.4 Å². The van der Waals surface area contributed by atoms with Crippen molar-refractivity contribution in [3.05, 3.63) is 139 Å². The van der Waals surface area contributed by atoms with E-state index in [9.17, 15) is 0 Å². The molecule has 0 aromatic heterocycles. The van der Waals surface area contributed by atoms with Crippen molar-refractivity contribution in [3.8, 4) is 11.1 Å². The van der Waals surface area contributed by atoms with Gasteiger partial charge in [-0.25, -0.2) is 0 Å². The van der Waals surface area contributed by atoms with Crippen molar-refractivity contribution in [2.45, 2.75) is 44.9 Å². The molecule has 0 aliphatic heterocycles. The van der Waals surface area contributed by atoms with E-state index >= 15 is 0 Å². The Balaban J connectivity index is 1.23. The van der Waals surface area contributed by atoms with Crippen LogP contribution in [0, 0.1) is 23.7 Å². The highest BCUT2D eigenvalue weighted by molar-refractivity contribution is 6.08. The van der Waals surface area contributed by atoms with Crippen LogP contribution < -0.4 is 4.90 Å². The van der Waals surface area contributed by atoms with Gasteiger partial charge in [0.15, 0.2) is 0 Å². The molecule has 6 aromatic carbocycles. The van der Waals surface area contributed by atoms with Crippen LogP contribution in [0.4, 0.5) is 17.1 Å². The first-order chi connectivity index (χ1) is 21.6. The van der Waals surface area contributed by atoms with E-state index in [2.05, 4.69) is 146 Å². The van der Waals surface area contributed by atoms with E-state index in [1.807, 2.05) is 0 Å². The molecular weight excluding hydrogens is 530 g/mol. The first-order valence-corrected chi connectivity index (χ1v) is 16.6. The summed E-state index contributed by atoms with van der Waals surface area (Å²) >= 11 is 0. The molecule has 0 radical (unpaired) electrons. The Labute approximate surface area is 261 Å². The topological polar surface area (TPSA) is 3.24 Å². The molecule has 3 aliphatic carbocycles. The largest absolute Gasteiger partial charge is 0.310 e. The maximum Gasteiger partial charge on any atom is 0.0468 e. The molecule has 0 amide bonds. The van der Waals surface area contributed by atoms with Gasteiger partial charge < -0.3 is 4.90 Å². The molecule has 5 atom stereocenters. The minimum Gasteiger partial charge on any atom is -0.310 e. The smallest absolute Gasteiger partial charge is 0.0468 e. The molecule has 3 aliphatic rings. The van der Waals surface area contributed by atoms with Crippen molar-refractivity contribution in [1.29, 1.82) is 0 Å². The fourth-order valence-corrected chi connectivity index (χ4v) is 10.0. The average molecular weight is 570 g/mol. The van der Waals surface area contributed by atoms with E-state index in [1.54, 1.807) is 11.1 Å². The van der Waals surface area contributed by atoms with Crippen LogP contribution in [-0.2, 0) is 5.41 Å². The van der Waals surface area contributed by atoms with Crippen LogP contribution in [0.25, 0.3) is 32.7 Å². The summed E-state index contributed by atoms with van der Waals surface area (Å²) in [4.78, 5) is 2.45. The lowest BCUT2D eigenvalue weighted by atomic mass is 9.49. The van der Waals surface area contributed by atoms with Crippen molar-refractivity contribution in [1.82, 2.24) is 0 Å². The molecule has 216 valence electrons. The Morgan fingerprint density at radius 3 is 2.14 bits per heavy atom. The minimum absolute atomic E-state index is 0.122. The van der Waals surface area contributed by atoms with Gasteiger partial charge in [-0.05, 0) is 130 Å². The summed E-state index contributed by atoms with van der Waals surface area (Å²) in [7, 11) is 0. The van der Waals surface area contributed by atoms with Crippen LogP contribution in [-0.4, -0.2) is 0 Å². The van der Waals surface area contributed by atoms with Gasteiger partial charge in [0.05, 0.1) is 0 Å². The highest BCUT2D eigenvalue weighted by Crippen LogP contribution is 2.64. The molecule has 0 saturated heterocycles. The SMILES string of the molecule is CC1CC2CC(C)C3(c4ccccc4-c4cc(N(c5ccccc5)c5ccc6c(ccc7ccccc76)c5)ccc43)C(C1)C2. The number of rotatable bonds is 3. The number of fused-ring (bicyclic) bond motifs is 11. The lowest BCUT2D eigenvalue weighted by molar-refractivity contribution is 0.0426. The van der Waals surface area contributed by atoms with E-state index in [0.717, 1.165) is 11.8 Å². The maximum absolute atomic E-state index is 2.56. The van der Waals surface area contributed by atoms with Gasteiger partial charge in [0.25, 0.3) is 0 Å². The molecule has 1 nitrogen and oxygen atoms in total. The maximum atomic E-state index is 2.56. The molecular formula is C43H39N. The summed E-state index contributed by atoms with van der Waals surface area (Å²) in [6.45, 7) is 5.06. The Bertz CT molecular complexity index is 2040. The van der Waals surface area contributed by atoms with Crippen LogP contribution >= 0.6 is 0 Å². The van der Waals surface area contributed by atoms with Crippen LogP contribution in [0.5, 0.6) is 0 Å². The number of benzene rings is 6. The van der Waals surface area contributed by atoms with Crippen LogP contribution in [0.3, 0.4) is 0 Å². The third kappa shape index (κ3) is 3.71. The molecule has 5 unspecified atom stereocenters. The quantitative estimate of drug-likeness (QED) is 0.192. The molecule has 2 fully saturated rings. The molecule has 6 aromatic rings. The van der Waals surface area contributed by atoms with Crippen molar-refractivity contribution < 1.29 is 0 Å². The number of para-hydroxylation sites is 1. The summed E-state index contributed by atoms with van der Waals surface area (Å²) in [5.74, 6) is 3.07. The first kappa shape index (κ1) is 26.1. The highest BCUT2D eigenvalue weighted by atomic mass is 15.1. The number of anilines is 3. The van der Waals surface area contributed by atoms with E-state index in [-0.39, 0.29) is 5.41 Å². The number of hydrogen-bond donors (Lipinski definition) is 0. The zero-order valence-corrected chi connectivity index (χ0v) is 25.7. The zero-order chi connectivity index (χ0) is 29.4. The third-order valence-corrected chi connectivity index (χ3v) is 11.5.